The third-order valence-corrected chi connectivity index (χ3v) is 5.50. The quantitative estimate of drug-likeness (QED) is 0.687. The summed E-state index contributed by atoms with van der Waals surface area (Å²) in [4.78, 5) is 13.6. The van der Waals surface area contributed by atoms with Gasteiger partial charge in [0.05, 0.1) is 6.04 Å². The SMILES string of the molecule is O=C(NC1CCSc2ccc(Cl)cc21)c1ccc(I)cc1. The van der Waals surface area contributed by atoms with E-state index in [1.54, 1.807) is 0 Å². The van der Waals surface area contributed by atoms with Crippen LogP contribution in [0.3, 0.4) is 0 Å². The van der Waals surface area contributed by atoms with Crippen LogP contribution in [0, 0.1) is 3.57 Å². The first-order valence-corrected chi connectivity index (χ1v) is 9.06. The van der Waals surface area contributed by atoms with Gasteiger partial charge in [0, 0.05) is 24.8 Å². The minimum absolute atomic E-state index is 0.0331. The Bertz CT molecular complexity index is 674. The molecule has 21 heavy (non-hydrogen) atoms. The summed E-state index contributed by atoms with van der Waals surface area (Å²) in [7, 11) is 0. The van der Waals surface area contributed by atoms with Crippen molar-refractivity contribution < 1.29 is 4.79 Å². The molecular weight excluding hydrogens is 417 g/mol. The zero-order chi connectivity index (χ0) is 14.8. The summed E-state index contributed by atoms with van der Waals surface area (Å²) in [6, 6.07) is 13.5. The molecule has 0 saturated carbocycles. The van der Waals surface area contributed by atoms with Crippen molar-refractivity contribution in [1.29, 1.82) is 0 Å². The summed E-state index contributed by atoms with van der Waals surface area (Å²) in [6.45, 7) is 0. The lowest BCUT2D eigenvalue weighted by Gasteiger charge is -2.26. The van der Waals surface area contributed by atoms with Gasteiger partial charge in [0.25, 0.3) is 5.91 Å². The number of hydrogen-bond acceptors (Lipinski definition) is 2. The van der Waals surface area contributed by atoms with Crippen LogP contribution in [0.1, 0.15) is 28.4 Å². The molecule has 2 aromatic carbocycles. The highest BCUT2D eigenvalue weighted by atomic mass is 127. The maximum Gasteiger partial charge on any atom is 0.251 e. The zero-order valence-electron chi connectivity index (χ0n) is 11.1. The van der Waals surface area contributed by atoms with Gasteiger partial charge in [0.1, 0.15) is 0 Å². The molecule has 0 saturated heterocycles. The van der Waals surface area contributed by atoms with E-state index in [1.165, 1.54) is 4.90 Å². The molecule has 1 N–H and O–H groups in total. The zero-order valence-corrected chi connectivity index (χ0v) is 14.8. The van der Waals surface area contributed by atoms with E-state index in [9.17, 15) is 4.79 Å². The fraction of sp³-hybridized carbons (Fsp3) is 0.188. The number of hydrogen-bond donors (Lipinski definition) is 1. The van der Waals surface area contributed by atoms with Gasteiger partial charge in [-0.2, -0.15) is 0 Å². The third-order valence-electron chi connectivity index (χ3n) is 3.42. The number of thioether (sulfide) groups is 1. The second-order valence-electron chi connectivity index (χ2n) is 4.85. The number of carbonyl (C=O) groups is 1. The van der Waals surface area contributed by atoms with Crippen LogP contribution in [-0.2, 0) is 0 Å². The van der Waals surface area contributed by atoms with Gasteiger partial charge in [-0.15, -0.1) is 11.8 Å². The molecule has 108 valence electrons. The van der Waals surface area contributed by atoms with Crippen LogP contribution in [0.4, 0.5) is 0 Å². The lowest BCUT2D eigenvalue weighted by Crippen LogP contribution is -2.30. The molecule has 1 atom stereocenters. The summed E-state index contributed by atoms with van der Waals surface area (Å²) in [6.07, 6.45) is 0.925. The average Bonchev–Trinajstić information content (AvgIpc) is 2.48. The van der Waals surface area contributed by atoms with E-state index in [1.807, 2.05) is 54.2 Å². The van der Waals surface area contributed by atoms with Crippen LogP contribution >= 0.6 is 46.0 Å². The van der Waals surface area contributed by atoms with Gasteiger partial charge in [-0.1, -0.05) is 11.6 Å². The van der Waals surface area contributed by atoms with E-state index in [-0.39, 0.29) is 11.9 Å². The van der Waals surface area contributed by atoms with Crippen LogP contribution < -0.4 is 5.32 Å². The van der Waals surface area contributed by atoms with Crippen molar-refractivity contribution >= 4 is 51.9 Å². The largest absolute Gasteiger partial charge is 0.345 e. The fourth-order valence-electron chi connectivity index (χ4n) is 2.36. The van der Waals surface area contributed by atoms with Gasteiger partial charge in [-0.05, 0) is 77.0 Å². The van der Waals surface area contributed by atoms with E-state index in [2.05, 4.69) is 27.9 Å². The smallest absolute Gasteiger partial charge is 0.251 e. The van der Waals surface area contributed by atoms with E-state index in [4.69, 9.17) is 11.6 Å². The topological polar surface area (TPSA) is 29.1 Å². The predicted molar refractivity (Wildman–Crippen MR) is 96.2 cm³/mol. The molecule has 0 bridgehead atoms. The van der Waals surface area contributed by atoms with E-state index >= 15 is 0 Å². The monoisotopic (exact) mass is 429 g/mol. The van der Waals surface area contributed by atoms with Crippen molar-refractivity contribution in [3.05, 3.63) is 62.2 Å². The van der Waals surface area contributed by atoms with Crippen LogP contribution in [-0.4, -0.2) is 11.7 Å². The molecule has 2 nitrogen and oxygen atoms in total. The number of halogens is 2. The molecule has 0 aromatic heterocycles. The summed E-state index contributed by atoms with van der Waals surface area (Å²) in [5.41, 5.74) is 1.81. The Morgan fingerprint density at radius 3 is 2.76 bits per heavy atom. The normalized spacial score (nSPS) is 17.1. The molecule has 1 aliphatic heterocycles. The molecular formula is C16H13ClINOS. The molecule has 5 heteroatoms. The fourth-order valence-corrected chi connectivity index (χ4v) is 4.00. The maximum atomic E-state index is 12.4. The number of fused-ring (bicyclic) bond motifs is 1. The number of carbonyl (C=O) groups excluding carboxylic acids is 1. The van der Waals surface area contributed by atoms with Crippen molar-refractivity contribution in [3.63, 3.8) is 0 Å². The van der Waals surface area contributed by atoms with Crippen LogP contribution in [0.5, 0.6) is 0 Å². The van der Waals surface area contributed by atoms with Crippen LogP contribution in [0.15, 0.2) is 47.4 Å². The molecule has 1 aliphatic rings. The first-order valence-electron chi connectivity index (χ1n) is 6.62. The van der Waals surface area contributed by atoms with Crippen LogP contribution in [0.25, 0.3) is 0 Å². The van der Waals surface area contributed by atoms with Crippen molar-refractivity contribution in [2.24, 2.45) is 0 Å². The van der Waals surface area contributed by atoms with Crippen molar-refractivity contribution in [3.8, 4) is 0 Å². The lowest BCUT2D eigenvalue weighted by atomic mass is 10.0. The van der Waals surface area contributed by atoms with Crippen molar-refractivity contribution in [2.75, 3.05) is 5.75 Å². The molecule has 0 fully saturated rings. The predicted octanol–water partition coefficient (Wildman–Crippen LogP) is 4.91. The Morgan fingerprint density at radius 2 is 2.00 bits per heavy atom. The molecule has 0 spiro atoms. The van der Waals surface area contributed by atoms with Gasteiger partial charge in [0.15, 0.2) is 0 Å². The minimum atomic E-state index is -0.0331. The highest BCUT2D eigenvalue weighted by Crippen LogP contribution is 2.37. The van der Waals surface area contributed by atoms with Gasteiger partial charge in [-0.3, -0.25) is 4.79 Å². The lowest BCUT2D eigenvalue weighted by molar-refractivity contribution is 0.0935. The molecule has 1 unspecified atom stereocenters. The highest BCUT2D eigenvalue weighted by molar-refractivity contribution is 14.1. The Balaban J connectivity index is 1.81. The van der Waals surface area contributed by atoms with E-state index in [0.717, 1.165) is 21.3 Å². The third kappa shape index (κ3) is 3.55. The standard InChI is InChI=1S/C16H13ClINOS/c17-11-3-6-15-13(9-11)14(7-8-21-15)19-16(20)10-1-4-12(18)5-2-10/h1-6,9,14H,7-8H2,(H,19,20). The van der Waals surface area contributed by atoms with Gasteiger partial charge in [-0.25, -0.2) is 0 Å². The second kappa shape index (κ2) is 6.58. The molecule has 1 amide bonds. The Labute approximate surface area is 146 Å². The Morgan fingerprint density at radius 1 is 1.24 bits per heavy atom. The van der Waals surface area contributed by atoms with Crippen molar-refractivity contribution in [2.45, 2.75) is 17.4 Å². The minimum Gasteiger partial charge on any atom is -0.345 e. The second-order valence-corrected chi connectivity index (χ2v) is 7.67. The van der Waals surface area contributed by atoms with Crippen molar-refractivity contribution in [1.82, 2.24) is 5.32 Å². The van der Waals surface area contributed by atoms with E-state index < -0.39 is 0 Å². The summed E-state index contributed by atoms with van der Waals surface area (Å²) >= 11 is 10.1. The van der Waals surface area contributed by atoms with Gasteiger partial charge in [0.2, 0.25) is 0 Å². The Kier molecular flexibility index (Phi) is 4.76. The van der Waals surface area contributed by atoms with Gasteiger partial charge < -0.3 is 5.32 Å². The first kappa shape index (κ1) is 15.2. The number of rotatable bonds is 2. The molecule has 0 radical (unpaired) electrons. The summed E-state index contributed by atoms with van der Waals surface area (Å²) in [5, 5.41) is 3.84. The molecule has 3 rings (SSSR count). The van der Waals surface area contributed by atoms with E-state index in [0.29, 0.717) is 10.6 Å². The Hall–Kier alpha value is -0.720. The first-order chi connectivity index (χ1) is 10.1. The highest BCUT2D eigenvalue weighted by Gasteiger charge is 2.23. The molecule has 0 aliphatic carbocycles. The summed E-state index contributed by atoms with van der Waals surface area (Å²) in [5.74, 6) is 0.973. The summed E-state index contributed by atoms with van der Waals surface area (Å²) < 4.78 is 1.12. The maximum absolute atomic E-state index is 12.4. The number of nitrogens with one attached hydrogen (secondary N) is 1. The average molecular weight is 430 g/mol. The van der Waals surface area contributed by atoms with Crippen LogP contribution in [0.2, 0.25) is 5.02 Å². The number of amides is 1. The number of benzene rings is 2. The van der Waals surface area contributed by atoms with Gasteiger partial charge >= 0.3 is 0 Å². The molecule has 2 aromatic rings. The molecule has 1 heterocycles.